The van der Waals surface area contributed by atoms with Crippen LogP contribution >= 0.6 is 0 Å². The number of phenolic OH excluding ortho intramolecular Hbond substituents is 1. The van der Waals surface area contributed by atoms with Crippen LogP contribution in [-0.4, -0.2) is 40.5 Å². The molecule has 5 aromatic rings. The fourth-order valence-electron chi connectivity index (χ4n) is 8.03. The SMILES string of the molecule is Cc1cc(N2CCC[C@@H]2C(O)(c2ccccc2)c2ccccc2)c(O)c(N2CCC[C@@H]2C(O)(c2ccccc2)c2ccccc2)c1. The molecule has 0 amide bonds. The van der Waals surface area contributed by atoms with E-state index in [4.69, 9.17) is 0 Å². The van der Waals surface area contributed by atoms with Gasteiger partial charge in [-0.2, -0.15) is 0 Å². The molecule has 0 unspecified atom stereocenters. The fourth-order valence-corrected chi connectivity index (χ4v) is 8.03. The highest BCUT2D eigenvalue weighted by Crippen LogP contribution is 2.50. The van der Waals surface area contributed by atoms with Gasteiger partial charge in [-0.1, -0.05) is 121 Å². The molecule has 0 saturated carbocycles. The molecule has 2 aliphatic heterocycles. The van der Waals surface area contributed by atoms with Crippen LogP contribution in [0.15, 0.2) is 133 Å². The molecule has 46 heavy (non-hydrogen) atoms. The van der Waals surface area contributed by atoms with Gasteiger partial charge in [-0.15, -0.1) is 0 Å². The Morgan fingerprint density at radius 3 is 1.13 bits per heavy atom. The molecule has 2 saturated heterocycles. The largest absolute Gasteiger partial charge is 0.504 e. The molecule has 5 heteroatoms. The van der Waals surface area contributed by atoms with E-state index in [0.29, 0.717) is 13.1 Å². The minimum atomic E-state index is -1.29. The highest BCUT2D eigenvalue weighted by molar-refractivity contribution is 5.76. The van der Waals surface area contributed by atoms with Crippen molar-refractivity contribution in [3.8, 4) is 5.75 Å². The molecular formula is C41H42N2O3. The molecule has 2 heterocycles. The van der Waals surface area contributed by atoms with Gasteiger partial charge in [0, 0.05) is 13.1 Å². The van der Waals surface area contributed by atoms with E-state index in [9.17, 15) is 15.3 Å². The van der Waals surface area contributed by atoms with Crippen LogP contribution in [-0.2, 0) is 11.2 Å². The summed E-state index contributed by atoms with van der Waals surface area (Å²) in [6.45, 7) is 3.48. The van der Waals surface area contributed by atoms with Gasteiger partial charge >= 0.3 is 0 Å². The highest BCUT2D eigenvalue weighted by Gasteiger charge is 2.48. The van der Waals surface area contributed by atoms with E-state index >= 15 is 0 Å². The lowest BCUT2D eigenvalue weighted by atomic mass is 9.78. The lowest BCUT2D eigenvalue weighted by molar-refractivity contribution is 0.0527. The topological polar surface area (TPSA) is 67.2 Å². The molecule has 0 aliphatic carbocycles. The van der Waals surface area contributed by atoms with E-state index in [2.05, 4.69) is 16.7 Å². The van der Waals surface area contributed by atoms with Gasteiger partial charge in [0.15, 0.2) is 5.75 Å². The van der Waals surface area contributed by atoms with E-state index in [0.717, 1.165) is 64.9 Å². The van der Waals surface area contributed by atoms with Gasteiger partial charge in [0.2, 0.25) is 0 Å². The summed E-state index contributed by atoms with van der Waals surface area (Å²) in [7, 11) is 0. The average molecular weight is 611 g/mol. The zero-order chi connectivity index (χ0) is 31.7. The lowest BCUT2D eigenvalue weighted by Gasteiger charge is -2.43. The first-order valence-corrected chi connectivity index (χ1v) is 16.5. The number of nitrogens with zero attached hydrogens (tertiary/aromatic N) is 2. The summed E-state index contributed by atoms with van der Waals surface area (Å²) in [5.41, 5.74) is 3.22. The monoisotopic (exact) mass is 610 g/mol. The van der Waals surface area contributed by atoms with E-state index in [1.165, 1.54) is 0 Å². The maximum Gasteiger partial charge on any atom is 0.162 e. The van der Waals surface area contributed by atoms with Crippen molar-refractivity contribution in [3.63, 3.8) is 0 Å². The molecule has 0 bridgehead atoms. The highest BCUT2D eigenvalue weighted by atomic mass is 16.3. The molecule has 234 valence electrons. The molecule has 5 nitrogen and oxygen atoms in total. The van der Waals surface area contributed by atoms with E-state index in [-0.39, 0.29) is 17.8 Å². The van der Waals surface area contributed by atoms with Crippen LogP contribution in [0.5, 0.6) is 5.75 Å². The van der Waals surface area contributed by atoms with Crippen LogP contribution < -0.4 is 9.80 Å². The first kappa shape index (κ1) is 30.1. The molecule has 2 atom stereocenters. The first-order valence-electron chi connectivity index (χ1n) is 16.5. The fraction of sp³-hybridized carbons (Fsp3) is 0.268. The number of phenols is 1. The van der Waals surface area contributed by atoms with Crippen molar-refractivity contribution >= 4 is 11.4 Å². The second-order valence-electron chi connectivity index (χ2n) is 12.9. The summed E-state index contributed by atoms with van der Waals surface area (Å²) in [6, 6.07) is 43.1. The molecule has 2 fully saturated rings. The third kappa shape index (κ3) is 5.04. The molecule has 5 aromatic carbocycles. The maximum absolute atomic E-state index is 12.8. The number of benzene rings is 5. The van der Waals surface area contributed by atoms with Gasteiger partial charge in [-0.05, 0) is 72.6 Å². The minimum Gasteiger partial charge on any atom is -0.504 e. The van der Waals surface area contributed by atoms with Crippen LogP contribution in [0.1, 0.15) is 53.5 Å². The second kappa shape index (κ2) is 12.3. The van der Waals surface area contributed by atoms with Gasteiger partial charge in [-0.3, -0.25) is 0 Å². The molecular weight excluding hydrogens is 568 g/mol. The number of aromatic hydroxyl groups is 1. The summed E-state index contributed by atoms with van der Waals surface area (Å²) in [6.07, 6.45) is 3.33. The van der Waals surface area contributed by atoms with Crippen LogP contribution in [0.3, 0.4) is 0 Å². The van der Waals surface area contributed by atoms with Gasteiger partial charge in [0.05, 0.1) is 23.5 Å². The Balaban J connectivity index is 1.33. The Labute approximate surface area is 272 Å². The van der Waals surface area contributed by atoms with Crippen LogP contribution in [0.25, 0.3) is 0 Å². The third-order valence-electron chi connectivity index (χ3n) is 10.2. The Morgan fingerprint density at radius 1 is 0.522 bits per heavy atom. The van der Waals surface area contributed by atoms with Crippen molar-refractivity contribution < 1.29 is 15.3 Å². The van der Waals surface area contributed by atoms with Crippen molar-refractivity contribution in [2.45, 2.75) is 55.9 Å². The third-order valence-corrected chi connectivity index (χ3v) is 10.2. The van der Waals surface area contributed by atoms with E-state index < -0.39 is 11.2 Å². The molecule has 0 radical (unpaired) electrons. The van der Waals surface area contributed by atoms with E-state index in [1.54, 1.807) is 0 Å². The average Bonchev–Trinajstić information content (AvgIpc) is 3.81. The van der Waals surface area contributed by atoms with Gasteiger partial charge in [0.1, 0.15) is 11.2 Å². The smallest absolute Gasteiger partial charge is 0.162 e. The summed E-state index contributed by atoms with van der Waals surface area (Å²) in [4.78, 5) is 4.41. The summed E-state index contributed by atoms with van der Waals surface area (Å²) in [5, 5.41) is 37.8. The van der Waals surface area contributed by atoms with Gasteiger partial charge in [-0.25, -0.2) is 0 Å². The number of rotatable bonds is 8. The summed E-state index contributed by atoms with van der Waals surface area (Å²) >= 11 is 0. The Bertz CT molecular complexity index is 1550. The van der Waals surface area contributed by atoms with Crippen molar-refractivity contribution in [1.29, 1.82) is 0 Å². The molecule has 7 rings (SSSR count). The Morgan fingerprint density at radius 2 is 0.826 bits per heavy atom. The minimum absolute atomic E-state index is 0.191. The predicted molar refractivity (Wildman–Crippen MR) is 185 cm³/mol. The second-order valence-corrected chi connectivity index (χ2v) is 12.9. The standard InChI is InChI=1S/C41H42N2O3/c1-30-28-35(42-26-14-24-37(42)40(45,31-16-6-2-7-17-31)32-18-8-3-9-19-32)39(44)36(29-30)43-27-15-25-38(43)41(46,33-20-10-4-11-21-33)34-22-12-5-13-23-34/h2-13,16-23,28-29,37-38,44-46H,14-15,24-27H2,1H3/t37-,38-/m1/s1. The molecule has 2 aliphatic rings. The lowest BCUT2D eigenvalue weighted by Crippen LogP contribution is -2.49. The van der Waals surface area contributed by atoms with Gasteiger partial charge < -0.3 is 25.1 Å². The number of hydrogen-bond donors (Lipinski definition) is 3. The normalized spacial score (nSPS) is 18.7. The molecule has 0 aromatic heterocycles. The molecule has 0 spiro atoms. The summed E-state index contributed by atoms with van der Waals surface area (Å²) in [5.74, 6) is 0.191. The van der Waals surface area contributed by atoms with Crippen molar-refractivity contribution in [1.82, 2.24) is 0 Å². The number of aryl methyl sites for hydroxylation is 1. The van der Waals surface area contributed by atoms with Gasteiger partial charge in [0.25, 0.3) is 0 Å². The number of hydrogen-bond acceptors (Lipinski definition) is 5. The Kier molecular flexibility index (Phi) is 8.06. The first-order chi connectivity index (χ1) is 22.4. The van der Waals surface area contributed by atoms with E-state index in [1.807, 2.05) is 133 Å². The quantitative estimate of drug-likeness (QED) is 0.170. The van der Waals surface area contributed by atoms with Crippen LogP contribution in [0.4, 0.5) is 11.4 Å². The van der Waals surface area contributed by atoms with Crippen molar-refractivity contribution in [2.24, 2.45) is 0 Å². The van der Waals surface area contributed by atoms with Crippen LogP contribution in [0, 0.1) is 6.92 Å². The maximum atomic E-state index is 12.8. The predicted octanol–water partition coefficient (Wildman–Crippen LogP) is 7.51. The zero-order valence-corrected chi connectivity index (χ0v) is 26.3. The van der Waals surface area contributed by atoms with Crippen LogP contribution in [0.2, 0.25) is 0 Å². The Hall–Kier alpha value is -4.58. The van der Waals surface area contributed by atoms with Crippen molar-refractivity contribution in [2.75, 3.05) is 22.9 Å². The number of anilines is 2. The summed E-state index contributed by atoms with van der Waals surface area (Å²) < 4.78 is 0. The molecule has 3 N–H and O–H groups in total. The number of aliphatic hydroxyl groups is 2. The van der Waals surface area contributed by atoms with Crippen molar-refractivity contribution in [3.05, 3.63) is 161 Å². The zero-order valence-electron chi connectivity index (χ0n) is 26.3.